The first kappa shape index (κ1) is 15.4. The van der Waals surface area contributed by atoms with Crippen molar-refractivity contribution in [1.29, 1.82) is 0 Å². The number of rotatable bonds is 5. The molecule has 0 bridgehead atoms. The van der Waals surface area contributed by atoms with Crippen LogP contribution in [0.5, 0.6) is 0 Å². The van der Waals surface area contributed by atoms with Crippen molar-refractivity contribution in [2.24, 2.45) is 0 Å². The molecule has 102 valence electrons. The minimum Gasteiger partial charge on any atom is -0.212 e. The average Bonchev–Trinajstić information content (AvgIpc) is 2.27. The van der Waals surface area contributed by atoms with Gasteiger partial charge in [-0.1, -0.05) is 43.4 Å². The SMILES string of the molecule is C=C(C)/C=C(\C=C(/F)CCC)c1c(C)cccc1C. The van der Waals surface area contributed by atoms with Gasteiger partial charge in [-0.2, -0.15) is 0 Å². The normalized spacial score (nSPS) is 12.7. The molecule has 1 aromatic rings. The summed E-state index contributed by atoms with van der Waals surface area (Å²) >= 11 is 0. The van der Waals surface area contributed by atoms with E-state index >= 15 is 0 Å². The van der Waals surface area contributed by atoms with E-state index < -0.39 is 0 Å². The van der Waals surface area contributed by atoms with E-state index in [1.165, 1.54) is 0 Å². The Morgan fingerprint density at radius 2 is 1.79 bits per heavy atom. The van der Waals surface area contributed by atoms with Crippen LogP contribution in [0, 0.1) is 13.8 Å². The molecule has 1 rings (SSSR count). The van der Waals surface area contributed by atoms with Gasteiger partial charge in [0.2, 0.25) is 0 Å². The van der Waals surface area contributed by atoms with Crippen LogP contribution in [0.25, 0.3) is 5.57 Å². The van der Waals surface area contributed by atoms with E-state index in [1.54, 1.807) is 6.08 Å². The van der Waals surface area contributed by atoms with Crippen LogP contribution in [-0.2, 0) is 0 Å². The minimum atomic E-state index is -0.0716. The van der Waals surface area contributed by atoms with E-state index in [1.807, 2.05) is 26.0 Å². The van der Waals surface area contributed by atoms with E-state index in [2.05, 4.69) is 32.6 Å². The summed E-state index contributed by atoms with van der Waals surface area (Å²) in [6, 6.07) is 6.14. The van der Waals surface area contributed by atoms with Crippen LogP contribution in [0.15, 0.2) is 48.3 Å². The van der Waals surface area contributed by atoms with Crippen molar-refractivity contribution in [1.82, 2.24) is 0 Å². The maximum Gasteiger partial charge on any atom is 0.101 e. The Labute approximate surface area is 116 Å². The molecule has 0 N–H and O–H groups in total. The quantitative estimate of drug-likeness (QED) is 0.575. The van der Waals surface area contributed by atoms with Crippen molar-refractivity contribution in [3.05, 3.63) is 65.0 Å². The van der Waals surface area contributed by atoms with Crippen LogP contribution >= 0.6 is 0 Å². The molecular formula is C18H23F. The molecule has 0 saturated carbocycles. The number of hydrogen-bond acceptors (Lipinski definition) is 0. The van der Waals surface area contributed by atoms with Gasteiger partial charge in [0.25, 0.3) is 0 Å². The molecule has 0 saturated heterocycles. The standard InChI is InChI=1S/C18H23F/c1-6-8-17(19)12-16(11-13(2)3)18-14(4)9-7-10-15(18)5/h7,9-12H,2,6,8H2,1,3-5H3/b16-11+,17-12-. The second kappa shape index (κ2) is 7.08. The van der Waals surface area contributed by atoms with E-state index in [4.69, 9.17) is 0 Å². The molecule has 1 heteroatoms. The molecule has 0 radical (unpaired) electrons. The Hall–Kier alpha value is -1.63. The summed E-state index contributed by atoms with van der Waals surface area (Å²) < 4.78 is 13.8. The summed E-state index contributed by atoms with van der Waals surface area (Å²) in [5, 5.41) is 0. The third-order valence-electron chi connectivity index (χ3n) is 2.97. The number of halogens is 1. The van der Waals surface area contributed by atoms with Crippen LogP contribution in [-0.4, -0.2) is 0 Å². The summed E-state index contributed by atoms with van der Waals surface area (Å²) in [5.41, 5.74) is 5.27. The highest BCUT2D eigenvalue weighted by molar-refractivity contribution is 5.79. The van der Waals surface area contributed by atoms with Crippen molar-refractivity contribution in [2.75, 3.05) is 0 Å². The summed E-state index contributed by atoms with van der Waals surface area (Å²) in [4.78, 5) is 0. The first-order valence-electron chi connectivity index (χ1n) is 6.75. The predicted octanol–water partition coefficient (Wildman–Crippen LogP) is 5.92. The predicted molar refractivity (Wildman–Crippen MR) is 82.8 cm³/mol. The molecule has 0 fully saturated rings. The Bertz CT molecular complexity index is 498. The Balaban J connectivity index is 3.34. The van der Waals surface area contributed by atoms with E-state index in [-0.39, 0.29) is 5.83 Å². The molecule has 19 heavy (non-hydrogen) atoms. The van der Waals surface area contributed by atoms with Gasteiger partial charge in [-0.05, 0) is 62.0 Å². The summed E-state index contributed by atoms with van der Waals surface area (Å²) in [7, 11) is 0. The van der Waals surface area contributed by atoms with E-state index in [9.17, 15) is 4.39 Å². The molecule has 0 aliphatic heterocycles. The van der Waals surface area contributed by atoms with E-state index in [0.29, 0.717) is 6.42 Å². The number of aryl methyl sites for hydroxylation is 2. The summed E-state index contributed by atoms with van der Waals surface area (Å²) in [6.07, 6.45) is 4.89. The first-order valence-corrected chi connectivity index (χ1v) is 6.75. The minimum absolute atomic E-state index is 0.0716. The summed E-state index contributed by atoms with van der Waals surface area (Å²) in [5.74, 6) is -0.0716. The fourth-order valence-electron chi connectivity index (χ4n) is 2.20. The Kier molecular flexibility index (Phi) is 5.75. The lowest BCUT2D eigenvalue weighted by atomic mass is 9.93. The highest BCUT2D eigenvalue weighted by Gasteiger charge is 2.07. The molecule has 0 aromatic heterocycles. The molecule has 0 aliphatic carbocycles. The van der Waals surface area contributed by atoms with Gasteiger partial charge in [0.15, 0.2) is 0 Å². The van der Waals surface area contributed by atoms with Crippen molar-refractivity contribution >= 4 is 5.57 Å². The zero-order valence-corrected chi connectivity index (χ0v) is 12.4. The van der Waals surface area contributed by atoms with Gasteiger partial charge in [-0.25, -0.2) is 4.39 Å². The fraction of sp³-hybridized carbons (Fsp3) is 0.333. The second-order valence-corrected chi connectivity index (χ2v) is 5.05. The number of benzene rings is 1. The van der Waals surface area contributed by atoms with Gasteiger partial charge in [-0.15, -0.1) is 0 Å². The highest BCUT2D eigenvalue weighted by atomic mass is 19.1. The van der Waals surface area contributed by atoms with Gasteiger partial charge < -0.3 is 0 Å². The van der Waals surface area contributed by atoms with Crippen LogP contribution in [0.1, 0.15) is 43.4 Å². The number of allylic oxidation sites excluding steroid dienone is 5. The zero-order valence-electron chi connectivity index (χ0n) is 12.4. The lowest BCUT2D eigenvalue weighted by molar-refractivity contribution is 0.584. The van der Waals surface area contributed by atoms with Crippen molar-refractivity contribution in [2.45, 2.75) is 40.5 Å². The van der Waals surface area contributed by atoms with Crippen LogP contribution in [0.4, 0.5) is 4.39 Å². The van der Waals surface area contributed by atoms with Crippen molar-refractivity contribution in [3.8, 4) is 0 Å². The largest absolute Gasteiger partial charge is 0.212 e. The molecule has 0 amide bonds. The highest BCUT2D eigenvalue weighted by Crippen LogP contribution is 2.27. The molecule has 0 heterocycles. The molecule has 0 nitrogen and oxygen atoms in total. The lowest BCUT2D eigenvalue weighted by Gasteiger charge is -2.11. The van der Waals surface area contributed by atoms with Crippen molar-refractivity contribution < 1.29 is 4.39 Å². The van der Waals surface area contributed by atoms with Gasteiger partial charge >= 0.3 is 0 Å². The lowest BCUT2D eigenvalue weighted by Crippen LogP contribution is -1.92. The third kappa shape index (κ3) is 4.51. The topological polar surface area (TPSA) is 0 Å². The Morgan fingerprint density at radius 1 is 1.21 bits per heavy atom. The Morgan fingerprint density at radius 3 is 2.26 bits per heavy atom. The zero-order chi connectivity index (χ0) is 14.4. The molecule has 0 aliphatic rings. The second-order valence-electron chi connectivity index (χ2n) is 5.05. The molecule has 0 atom stereocenters. The van der Waals surface area contributed by atoms with Crippen LogP contribution in [0.2, 0.25) is 0 Å². The maximum atomic E-state index is 13.8. The van der Waals surface area contributed by atoms with Gasteiger partial charge in [-0.3, -0.25) is 0 Å². The third-order valence-corrected chi connectivity index (χ3v) is 2.97. The average molecular weight is 258 g/mol. The fourth-order valence-corrected chi connectivity index (χ4v) is 2.20. The van der Waals surface area contributed by atoms with Gasteiger partial charge in [0.1, 0.15) is 5.83 Å². The van der Waals surface area contributed by atoms with Crippen LogP contribution in [0.3, 0.4) is 0 Å². The van der Waals surface area contributed by atoms with Gasteiger partial charge in [0.05, 0.1) is 0 Å². The molecule has 0 unspecified atom stereocenters. The monoisotopic (exact) mass is 258 g/mol. The number of hydrogen-bond donors (Lipinski definition) is 0. The smallest absolute Gasteiger partial charge is 0.101 e. The van der Waals surface area contributed by atoms with Crippen LogP contribution < -0.4 is 0 Å². The summed E-state index contributed by atoms with van der Waals surface area (Å²) in [6.45, 7) is 11.9. The van der Waals surface area contributed by atoms with Crippen molar-refractivity contribution in [3.63, 3.8) is 0 Å². The maximum absolute atomic E-state index is 13.8. The first-order chi connectivity index (χ1) is 8.95. The van der Waals surface area contributed by atoms with E-state index in [0.717, 1.165) is 34.3 Å². The molecule has 1 aromatic carbocycles. The molecular weight excluding hydrogens is 235 g/mol. The van der Waals surface area contributed by atoms with Gasteiger partial charge in [0, 0.05) is 0 Å². The molecule has 0 spiro atoms.